The summed E-state index contributed by atoms with van der Waals surface area (Å²) in [5.41, 5.74) is 1.32. The van der Waals surface area contributed by atoms with Gasteiger partial charge in [0.15, 0.2) is 0 Å². The number of likely N-dealkylation sites (tertiary alicyclic amines) is 2. The summed E-state index contributed by atoms with van der Waals surface area (Å²) in [4.78, 5) is 18.6. The molecule has 2 aliphatic heterocycles. The molecule has 1 amide bonds. The van der Waals surface area contributed by atoms with E-state index in [2.05, 4.69) is 23.9 Å². The van der Waals surface area contributed by atoms with E-state index in [0.717, 1.165) is 43.1 Å². The fourth-order valence-electron chi connectivity index (χ4n) is 5.96. The summed E-state index contributed by atoms with van der Waals surface area (Å²) < 4.78 is 35.4. The van der Waals surface area contributed by atoms with Gasteiger partial charge in [0.2, 0.25) is 15.9 Å². The Morgan fingerprint density at radius 2 is 1.74 bits per heavy atom. The van der Waals surface area contributed by atoms with E-state index in [-0.39, 0.29) is 23.4 Å². The van der Waals surface area contributed by atoms with E-state index in [1.807, 2.05) is 17.0 Å². The molecule has 1 unspecified atom stereocenters. The Morgan fingerprint density at radius 1 is 1.05 bits per heavy atom. The minimum atomic E-state index is -4.04. The van der Waals surface area contributed by atoms with Crippen molar-refractivity contribution in [1.29, 1.82) is 0 Å². The van der Waals surface area contributed by atoms with Gasteiger partial charge in [-0.15, -0.1) is 0 Å². The SMILES string of the molecule is Cc1noc(C)c1CN(C1CCCN(C2CCN(C(C)C)CC2)C1=O)S(=O)(=O)c1ccc2cc(Cl)ccc2c1. The molecule has 0 bridgehead atoms. The Labute approximate surface area is 235 Å². The van der Waals surface area contributed by atoms with Crippen molar-refractivity contribution in [3.63, 3.8) is 0 Å². The van der Waals surface area contributed by atoms with E-state index in [9.17, 15) is 13.2 Å². The molecule has 10 heteroatoms. The molecular formula is C29H37ClN4O4S. The summed E-state index contributed by atoms with van der Waals surface area (Å²) in [6.07, 6.45) is 3.04. The molecule has 1 aromatic heterocycles. The summed E-state index contributed by atoms with van der Waals surface area (Å²) in [7, 11) is -4.04. The molecule has 3 aromatic rings. The predicted molar refractivity (Wildman–Crippen MR) is 152 cm³/mol. The highest BCUT2D eigenvalue weighted by Crippen LogP contribution is 2.32. The number of hydrogen-bond donors (Lipinski definition) is 0. The highest BCUT2D eigenvalue weighted by atomic mass is 35.5. The fourth-order valence-corrected chi connectivity index (χ4v) is 7.76. The number of fused-ring (bicyclic) bond motifs is 1. The van der Waals surface area contributed by atoms with E-state index in [0.29, 0.717) is 41.0 Å². The molecule has 0 saturated carbocycles. The van der Waals surface area contributed by atoms with Crippen molar-refractivity contribution < 1.29 is 17.7 Å². The maximum absolute atomic E-state index is 14.3. The third-order valence-electron chi connectivity index (χ3n) is 8.34. The molecule has 0 aliphatic carbocycles. The molecule has 0 N–H and O–H groups in total. The first-order valence-electron chi connectivity index (χ1n) is 13.7. The first-order chi connectivity index (χ1) is 18.6. The van der Waals surface area contributed by atoms with Crippen LogP contribution in [0, 0.1) is 13.8 Å². The zero-order chi connectivity index (χ0) is 27.9. The largest absolute Gasteiger partial charge is 0.361 e. The minimum absolute atomic E-state index is 0.0260. The van der Waals surface area contributed by atoms with Crippen LogP contribution in [0.3, 0.4) is 0 Å². The van der Waals surface area contributed by atoms with E-state index in [1.54, 1.807) is 38.1 Å². The molecule has 2 aromatic carbocycles. The van der Waals surface area contributed by atoms with Crippen molar-refractivity contribution in [2.45, 2.75) is 82.9 Å². The second-order valence-electron chi connectivity index (χ2n) is 11.1. The van der Waals surface area contributed by atoms with Crippen molar-refractivity contribution in [3.8, 4) is 0 Å². The molecule has 0 radical (unpaired) electrons. The average molecular weight is 573 g/mol. The van der Waals surface area contributed by atoms with Gasteiger partial charge in [-0.1, -0.05) is 28.9 Å². The number of halogens is 1. The fraction of sp³-hybridized carbons (Fsp3) is 0.517. The van der Waals surface area contributed by atoms with Crippen LogP contribution in [0.4, 0.5) is 0 Å². The molecule has 0 spiro atoms. The number of piperidine rings is 2. The molecule has 210 valence electrons. The summed E-state index contributed by atoms with van der Waals surface area (Å²) in [5, 5.41) is 6.25. The molecule has 2 aliphatic rings. The lowest BCUT2D eigenvalue weighted by Crippen LogP contribution is -2.58. The monoisotopic (exact) mass is 572 g/mol. The number of sulfonamides is 1. The van der Waals surface area contributed by atoms with Gasteiger partial charge in [0.1, 0.15) is 11.8 Å². The number of benzene rings is 2. The highest BCUT2D eigenvalue weighted by Gasteiger charge is 2.43. The Hall–Kier alpha value is -2.46. The Morgan fingerprint density at radius 3 is 2.41 bits per heavy atom. The predicted octanol–water partition coefficient (Wildman–Crippen LogP) is 5.15. The van der Waals surface area contributed by atoms with Gasteiger partial charge in [0.05, 0.1) is 10.6 Å². The smallest absolute Gasteiger partial charge is 0.244 e. The van der Waals surface area contributed by atoms with Gasteiger partial charge in [-0.25, -0.2) is 8.42 Å². The molecule has 3 heterocycles. The molecule has 2 saturated heterocycles. The summed E-state index contributed by atoms with van der Waals surface area (Å²) in [5.74, 6) is 0.453. The van der Waals surface area contributed by atoms with Crippen LogP contribution in [0.1, 0.15) is 56.5 Å². The number of nitrogens with zero attached hydrogens (tertiary/aromatic N) is 4. The molecule has 2 fully saturated rings. The lowest BCUT2D eigenvalue weighted by Gasteiger charge is -2.44. The normalized spacial score (nSPS) is 20.0. The topological polar surface area (TPSA) is 87.0 Å². The lowest BCUT2D eigenvalue weighted by molar-refractivity contribution is -0.142. The van der Waals surface area contributed by atoms with Crippen LogP contribution >= 0.6 is 11.6 Å². The number of carbonyl (C=O) groups is 1. The lowest BCUT2D eigenvalue weighted by atomic mass is 9.96. The molecule has 1 atom stereocenters. The van der Waals surface area contributed by atoms with Gasteiger partial charge in [0, 0.05) is 48.8 Å². The zero-order valence-corrected chi connectivity index (χ0v) is 24.6. The molecular weight excluding hydrogens is 536 g/mol. The zero-order valence-electron chi connectivity index (χ0n) is 23.1. The van der Waals surface area contributed by atoms with Gasteiger partial charge in [-0.05, 0) is 88.4 Å². The van der Waals surface area contributed by atoms with E-state index < -0.39 is 16.1 Å². The number of hydrogen-bond acceptors (Lipinski definition) is 6. The van der Waals surface area contributed by atoms with Crippen LogP contribution in [-0.4, -0.2) is 71.3 Å². The van der Waals surface area contributed by atoms with Crippen molar-refractivity contribution in [2.24, 2.45) is 0 Å². The summed E-state index contributed by atoms with van der Waals surface area (Å²) in [6.45, 7) is 10.5. The summed E-state index contributed by atoms with van der Waals surface area (Å²) >= 11 is 6.14. The Balaban J connectivity index is 1.49. The van der Waals surface area contributed by atoms with Crippen molar-refractivity contribution in [2.75, 3.05) is 19.6 Å². The highest BCUT2D eigenvalue weighted by molar-refractivity contribution is 7.89. The van der Waals surface area contributed by atoms with Crippen LogP contribution in [0.5, 0.6) is 0 Å². The van der Waals surface area contributed by atoms with E-state index in [1.165, 1.54) is 4.31 Å². The molecule has 39 heavy (non-hydrogen) atoms. The van der Waals surface area contributed by atoms with Gasteiger partial charge < -0.3 is 14.3 Å². The number of amides is 1. The van der Waals surface area contributed by atoms with Gasteiger partial charge >= 0.3 is 0 Å². The minimum Gasteiger partial charge on any atom is -0.361 e. The van der Waals surface area contributed by atoms with E-state index >= 15 is 0 Å². The van der Waals surface area contributed by atoms with Crippen LogP contribution < -0.4 is 0 Å². The maximum atomic E-state index is 14.3. The van der Waals surface area contributed by atoms with Gasteiger partial charge in [-0.2, -0.15) is 4.31 Å². The molecule has 8 nitrogen and oxygen atoms in total. The van der Waals surface area contributed by atoms with Crippen molar-refractivity contribution >= 4 is 38.3 Å². The van der Waals surface area contributed by atoms with Gasteiger partial charge in [0.25, 0.3) is 0 Å². The first-order valence-corrected chi connectivity index (χ1v) is 15.6. The van der Waals surface area contributed by atoms with Gasteiger partial charge in [-0.3, -0.25) is 4.79 Å². The average Bonchev–Trinajstić information content (AvgIpc) is 3.23. The summed E-state index contributed by atoms with van der Waals surface area (Å²) in [6, 6.07) is 10.2. The number of rotatable bonds is 7. The maximum Gasteiger partial charge on any atom is 0.244 e. The first kappa shape index (κ1) is 28.1. The van der Waals surface area contributed by atoms with Crippen LogP contribution in [0.25, 0.3) is 10.8 Å². The van der Waals surface area contributed by atoms with Crippen LogP contribution in [0.2, 0.25) is 5.02 Å². The number of carbonyl (C=O) groups excluding carboxylic acids is 1. The van der Waals surface area contributed by atoms with Crippen LogP contribution in [-0.2, 0) is 21.4 Å². The molecule has 5 rings (SSSR count). The van der Waals surface area contributed by atoms with Crippen LogP contribution in [0.15, 0.2) is 45.8 Å². The second kappa shape index (κ2) is 11.2. The third-order valence-corrected chi connectivity index (χ3v) is 10.4. The quantitative estimate of drug-likeness (QED) is 0.389. The second-order valence-corrected chi connectivity index (χ2v) is 13.4. The third kappa shape index (κ3) is 5.59. The number of aromatic nitrogens is 1. The van der Waals surface area contributed by atoms with Crippen molar-refractivity contribution in [3.05, 3.63) is 58.4 Å². The standard InChI is InChI=1S/C29H37ClN4O4S/c1-19(2)32-14-11-25(12-15-32)33-13-5-6-28(29(33)35)34(18-27-20(3)31-38-21(27)4)39(36,37)26-10-8-22-16-24(30)9-7-23(22)17-26/h7-10,16-17,19,25,28H,5-6,11-15,18H2,1-4H3. The Kier molecular flexibility index (Phi) is 8.06. The van der Waals surface area contributed by atoms with E-state index in [4.69, 9.17) is 16.1 Å². The Bertz CT molecular complexity index is 1440. The number of aryl methyl sites for hydroxylation is 2. The van der Waals surface area contributed by atoms with Crippen molar-refractivity contribution in [1.82, 2.24) is 19.3 Å².